The van der Waals surface area contributed by atoms with Gasteiger partial charge in [0.25, 0.3) is 34.1 Å². The van der Waals surface area contributed by atoms with Crippen LogP contribution in [-0.2, 0) is 4.74 Å². The average Bonchev–Trinajstić information content (AvgIpc) is 0.819. The van der Waals surface area contributed by atoms with Crippen molar-refractivity contribution in [3.05, 3.63) is 380 Å². The molecule has 49 nitrogen and oxygen atoms in total. The molecule has 0 unspecified atom stereocenters. The maximum atomic E-state index is 12.3. The van der Waals surface area contributed by atoms with Gasteiger partial charge in [0.15, 0.2) is 11.5 Å². The first kappa shape index (κ1) is 111. The summed E-state index contributed by atoms with van der Waals surface area (Å²) in [6.07, 6.45) is 0. The van der Waals surface area contributed by atoms with Crippen LogP contribution in [0.5, 0.6) is 40.2 Å². The molecular weight excluding hydrogens is 1910 g/mol. The minimum atomic E-state index is -2.07. The highest BCUT2D eigenvalue weighted by Gasteiger charge is 2.31. The number of benzene rings is 12. The quantitative estimate of drug-likeness (QED) is 0.0105. The number of carbonyl (C=O) groups is 7. The van der Waals surface area contributed by atoms with Crippen LogP contribution in [-0.4, -0.2) is 193 Å². The normalized spacial score (nSPS) is 10.1. The molecule has 0 amide bonds. The second kappa shape index (κ2) is 52.0. The molecule has 12 rings (SSSR count). The number of non-ortho nitro benzene ring substituents is 6. The summed E-state index contributed by atoms with van der Waals surface area (Å²) in [6.45, 7) is 3.50. The second-order valence-electron chi connectivity index (χ2n) is 27.5. The van der Waals surface area contributed by atoms with E-state index in [1.165, 1.54) is 67.8 Å². The van der Waals surface area contributed by atoms with Crippen LogP contribution in [0.1, 0.15) is 90.6 Å². The molecule has 718 valence electrons. The summed E-state index contributed by atoms with van der Waals surface area (Å²) in [7, 11) is -10.5. The van der Waals surface area contributed by atoms with Crippen molar-refractivity contribution in [2.75, 3.05) is 13.7 Å². The van der Waals surface area contributed by atoms with Crippen molar-refractivity contribution in [1.29, 1.82) is 5.26 Å². The third-order valence-corrected chi connectivity index (χ3v) is 18.5. The van der Waals surface area contributed by atoms with E-state index in [4.69, 9.17) is 117 Å². The van der Waals surface area contributed by atoms with Crippen molar-refractivity contribution in [3.8, 4) is 46.3 Å². The van der Waals surface area contributed by atoms with Gasteiger partial charge in [-0.3, -0.25) is 70.8 Å². The van der Waals surface area contributed by atoms with Gasteiger partial charge in [0.1, 0.15) is 34.6 Å². The molecular formula is C84H64B6Cl2N8O41. The lowest BCUT2D eigenvalue weighted by Crippen LogP contribution is -2.31. The summed E-state index contributed by atoms with van der Waals surface area (Å²) in [5.74, 6) is -6.22. The Bertz CT molecular complexity index is 6700. The van der Waals surface area contributed by atoms with E-state index in [9.17, 15) is 114 Å². The number of methoxy groups -OCH3 is 1. The molecule has 0 atom stereocenters. The van der Waals surface area contributed by atoms with Crippen molar-refractivity contribution in [2.45, 2.75) is 13.8 Å². The fraction of sp³-hybridized carbons (Fsp3) is 0.0476. The highest BCUT2D eigenvalue weighted by Crippen LogP contribution is 2.36. The number of aryl methyl sites for hydroxylation is 1. The number of para-hydroxylation sites is 7. The van der Waals surface area contributed by atoms with Crippen molar-refractivity contribution >= 4 is 180 Å². The first-order chi connectivity index (χ1) is 66.6. The van der Waals surface area contributed by atoms with E-state index in [1.54, 1.807) is 86.6 Å². The van der Waals surface area contributed by atoms with Crippen LogP contribution < -0.4 is 65.9 Å². The van der Waals surface area contributed by atoms with Crippen molar-refractivity contribution in [2.24, 2.45) is 0 Å². The number of halogens is 2. The monoisotopic (exact) mass is 1980 g/mol. The Morgan fingerprint density at radius 2 is 0.582 bits per heavy atom. The average molecular weight is 1980 g/mol. The summed E-state index contributed by atoms with van der Waals surface area (Å²) in [4.78, 5) is 156. The fourth-order valence-electron chi connectivity index (χ4n) is 11.2. The van der Waals surface area contributed by atoms with Crippen molar-refractivity contribution in [3.63, 3.8) is 0 Å². The Morgan fingerprint density at radius 3 is 0.901 bits per heavy atom. The number of nitrogens with zero attached hydrogens (tertiary/aromatic N) is 8. The van der Waals surface area contributed by atoms with Crippen molar-refractivity contribution in [1.82, 2.24) is 0 Å². The molecule has 12 aromatic rings. The van der Waals surface area contributed by atoms with Gasteiger partial charge in [-0.2, -0.15) is 5.26 Å². The molecule has 0 fully saturated rings. The number of hydrogen-bond donors (Lipinski definition) is 12. The van der Waals surface area contributed by atoms with Gasteiger partial charge in [-0.25, -0.2) is 33.6 Å². The summed E-state index contributed by atoms with van der Waals surface area (Å²) < 4.78 is 40.4. The zero-order valence-corrected chi connectivity index (χ0v) is 73.4. The molecule has 0 spiro atoms. The Kier molecular flexibility index (Phi) is 40.8. The number of nitriles is 1. The first-order valence-corrected chi connectivity index (χ1v) is 39.8. The van der Waals surface area contributed by atoms with Gasteiger partial charge in [-0.15, -0.1) is 0 Å². The summed E-state index contributed by atoms with van der Waals surface area (Å²) in [6, 6.07) is 54.4. The number of nitro benzene ring substituents is 7. The number of ether oxygens (including phenoxy) is 8. The number of rotatable bonds is 28. The maximum absolute atomic E-state index is 12.3. The van der Waals surface area contributed by atoms with Crippen LogP contribution in [0, 0.1) is 89.1 Å². The van der Waals surface area contributed by atoms with Gasteiger partial charge in [-0.05, 0) is 149 Å². The summed E-state index contributed by atoms with van der Waals surface area (Å²) >= 11 is 11.7. The predicted molar refractivity (Wildman–Crippen MR) is 495 cm³/mol. The van der Waals surface area contributed by atoms with E-state index < -0.39 is 170 Å². The standard InChI is InChI=1S/C16H14BNO8.C14H9BN2O6.C14H12BNO7.C14H12BNO6.C13H8BClN2O8.C13H9BClNO6/c1-2-25-16(20)13-5-3-4-6-14(13)26-15(19)10-7-11(17(21)22)9-12(8-10)18(23)24;16-8-9-3-1-2-4-13(9)23-14(18)10-5-11(15(19)20)7-12(6-10)17(21)22;1-22-12-4-2-3-5-13(12)23-14(17)9-6-10(15(18)19)8-11(7-9)16(20)21;1-9-4-2-3-5-13(9)22-14(17)10-6-11(15(18)19)8-12(7-10)16(20)21;15-10-2-1-3-11(17(23)24)12(10)25-13(18)7-4-8(14(19)20)6-9(5-7)16(21)22;15-11-3-1-2-4-12(11)22-13(17)8-5-9(14(18)19)7-10(6-8)16(20)21/h3-9,21-22H,2H2,1H3;1-7,19-20H;2-8,18-19H,1H3;2-8,18-19H,1H3;1-6,19-20H;1-7,18-19H. The lowest BCUT2D eigenvalue weighted by atomic mass is 9.79. The number of esters is 7. The highest BCUT2D eigenvalue weighted by molar-refractivity contribution is 6.61. The van der Waals surface area contributed by atoms with E-state index in [0.717, 1.165) is 121 Å². The van der Waals surface area contributed by atoms with Crippen LogP contribution in [0.25, 0.3) is 0 Å². The van der Waals surface area contributed by atoms with Crippen LogP contribution >= 0.6 is 23.2 Å². The topological polar surface area (TPSA) is 762 Å². The molecule has 0 radical (unpaired) electrons. The molecule has 0 aliphatic carbocycles. The lowest BCUT2D eigenvalue weighted by molar-refractivity contribution is -0.385. The summed E-state index contributed by atoms with van der Waals surface area (Å²) in [5, 5.41) is 195. The van der Waals surface area contributed by atoms with E-state index in [2.05, 4.69) is 0 Å². The van der Waals surface area contributed by atoms with Crippen LogP contribution in [0.4, 0.5) is 39.8 Å². The zero-order valence-electron chi connectivity index (χ0n) is 71.9. The molecule has 141 heavy (non-hydrogen) atoms. The van der Waals surface area contributed by atoms with E-state index in [1.807, 2.05) is 6.07 Å². The van der Waals surface area contributed by atoms with Crippen molar-refractivity contribution < 1.29 is 166 Å². The zero-order chi connectivity index (χ0) is 105. The number of hydrogen-bond acceptors (Lipinski definition) is 42. The van der Waals surface area contributed by atoms with Crippen LogP contribution in [0.2, 0.25) is 10.0 Å². The molecule has 0 saturated heterocycles. The Labute approximate surface area is 801 Å². The van der Waals surface area contributed by atoms with Gasteiger partial charge < -0.3 is 98.2 Å². The van der Waals surface area contributed by atoms with E-state index in [-0.39, 0.29) is 111 Å². The minimum Gasteiger partial charge on any atom is -0.493 e. The molecule has 0 aliphatic heterocycles. The molecule has 0 saturated carbocycles. The third kappa shape index (κ3) is 32.4. The summed E-state index contributed by atoms with van der Waals surface area (Å²) in [5.41, 5.74) is -5.45. The molecule has 0 aliphatic rings. The molecule has 0 heterocycles. The molecule has 12 aromatic carbocycles. The Balaban J connectivity index is 0.000000230. The smallest absolute Gasteiger partial charge is 0.488 e. The number of nitro groups is 7. The Hall–Kier alpha value is -17.5. The van der Waals surface area contributed by atoms with E-state index in [0.29, 0.717) is 11.5 Å². The highest BCUT2D eigenvalue weighted by atomic mass is 35.5. The first-order valence-electron chi connectivity index (χ1n) is 39.0. The Morgan fingerprint density at radius 1 is 0.312 bits per heavy atom. The molecule has 12 N–H and O–H groups in total. The lowest BCUT2D eigenvalue weighted by Gasteiger charge is -2.10. The molecule has 0 bridgehead atoms. The maximum Gasteiger partial charge on any atom is 0.488 e. The molecule has 57 heteroatoms. The largest absolute Gasteiger partial charge is 0.493 e. The van der Waals surface area contributed by atoms with Gasteiger partial charge in [0.2, 0.25) is 5.75 Å². The van der Waals surface area contributed by atoms with Crippen LogP contribution in [0.3, 0.4) is 0 Å². The SMILES string of the molecule is CCOC(=O)c1ccccc1OC(=O)c1cc(B(O)O)cc([N+](=O)[O-])c1.COc1ccccc1OC(=O)c1cc(B(O)O)cc([N+](=O)[O-])c1.Cc1ccccc1OC(=O)c1cc(B(O)O)cc([N+](=O)[O-])c1.N#Cc1ccccc1OC(=O)c1cc(B(O)O)cc([N+](=O)[O-])c1.O=C(Oc1c(Cl)cccc1[N+](=O)[O-])c1cc(B(O)O)cc([N+](=O)[O-])c1.O=C(Oc1ccccc1Cl)c1cc(B(O)O)cc([N+](=O)[O-])c1. The fourth-order valence-corrected chi connectivity index (χ4v) is 11.6. The van der Waals surface area contributed by atoms with Gasteiger partial charge in [-0.1, -0.05) is 96.0 Å². The van der Waals surface area contributed by atoms with E-state index >= 15 is 0 Å². The third-order valence-electron chi connectivity index (χ3n) is 17.8. The van der Waals surface area contributed by atoms with Gasteiger partial charge >= 0.3 is 90.2 Å². The molecule has 0 aromatic heterocycles. The number of carbonyl (C=O) groups excluding carboxylic acids is 7. The van der Waals surface area contributed by atoms with Gasteiger partial charge in [0.05, 0.1) is 97.2 Å². The van der Waals surface area contributed by atoms with Gasteiger partial charge in [0, 0.05) is 78.9 Å². The predicted octanol–water partition coefficient (Wildman–Crippen LogP) is 4.54. The second-order valence-corrected chi connectivity index (χ2v) is 28.3. The van der Waals surface area contributed by atoms with Crippen LogP contribution in [0.15, 0.2) is 249 Å². The minimum absolute atomic E-state index is 0.00222.